The van der Waals surface area contributed by atoms with E-state index in [1.165, 1.54) is 0 Å². The van der Waals surface area contributed by atoms with E-state index in [1.807, 2.05) is 55.5 Å². The number of allylic oxidation sites excluding steroid dienone is 1. The lowest BCUT2D eigenvalue weighted by Gasteiger charge is -2.20. The fourth-order valence-electron chi connectivity index (χ4n) is 4.38. The lowest BCUT2D eigenvalue weighted by molar-refractivity contribution is -0.130. The maximum absolute atomic E-state index is 12.8. The van der Waals surface area contributed by atoms with Crippen LogP contribution >= 0.6 is 0 Å². The molecule has 180 valence electrons. The lowest BCUT2D eigenvalue weighted by atomic mass is 10.0. The maximum Gasteiger partial charge on any atom is 0.248 e. The summed E-state index contributed by atoms with van der Waals surface area (Å²) in [5, 5.41) is 8.92. The Bertz CT molecular complexity index is 1320. The Balaban J connectivity index is 1.42. The van der Waals surface area contributed by atoms with Crippen LogP contribution in [0.2, 0.25) is 0 Å². The molecule has 0 spiro atoms. The van der Waals surface area contributed by atoms with Crippen molar-refractivity contribution < 1.29 is 19.2 Å². The number of hydrogen-bond donors (Lipinski definition) is 4. The Hall–Kier alpha value is -4.20. The van der Waals surface area contributed by atoms with Gasteiger partial charge in [0, 0.05) is 35.5 Å². The average molecular weight is 473 g/mol. The molecule has 4 rings (SSSR count). The van der Waals surface area contributed by atoms with Crippen molar-refractivity contribution in [1.82, 2.24) is 20.9 Å². The third kappa shape index (κ3) is 5.32. The molecule has 0 radical (unpaired) electrons. The summed E-state index contributed by atoms with van der Waals surface area (Å²) in [4.78, 5) is 52.5. The number of benzene rings is 2. The average Bonchev–Trinajstić information content (AvgIpc) is 3.43. The van der Waals surface area contributed by atoms with Gasteiger partial charge < -0.3 is 25.7 Å². The molecule has 3 amide bonds. The van der Waals surface area contributed by atoms with Crippen molar-refractivity contribution in [2.75, 3.05) is 6.54 Å². The molecule has 0 fully saturated rings. The molecule has 0 saturated heterocycles. The molecule has 2 aromatic carbocycles. The van der Waals surface area contributed by atoms with E-state index in [0.29, 0.717) is 18.3 Å². The second kappa shape index (κ2) is 10.4. The molecule has 1 aliphatic rings. The van der Waals surface area contributed by atoms with Gasteiger partial charge in [-0.1, -0.05) is 42.5 Å². The quantitative estimate of drug-likeness (QED) is 0.356. The van der Waals surface area contributed by atoms with Gasteiger partial charge in [-0.2, -0.15) is 0 Å². The standard InChI is InChI=1S/C27H28N4O4/c1-16(15-32)30-27(35)24(12-19-13-28-23-10-6-5-9-21(19)23)31-25(33)14-29-26(34)22-11-18-7-3-4-8-20(18)17(22)2/h3-10,13,15-16,24,28H,11-12,14H2,1-2H3,(H,29,34)(H,30,35)(H,31,33)/t16-,24-/m0/s1. The van der Waals surface area contributed by atoms with Crippen LogP contribution in [0.25, 0.3) is 16.5 Å². The minimum Gasteiger partial charge on any atom is -0.361 e. The van der Waals surface area contributed by atoms with Crippen LogP contribution in [0.15, 0.2) is 60.3 Å². The molecular weight excluding hydrogens is 444 g/mol. The van der Waals surface area contributed by atoms with Gasteiger partial charge in [-0.3, -0.25) is 14.4 Å². The number of rotatable bonds is 9. The summed E-state index contributed by atoms with van der Waals surface area (Å²) in [5.74, 6) is -1.27. The zero-order valence-corrected chi connectivity index (χ0v) is 19.7. The summed E-state index contributed by atoms with van der Waals surface area (Å²) in [6, 6.07) is 13.9. The van der Waals surface area contributed by atoms with E-state index in [4.69, 9.17) is 0 Å². The van der Waals surface area contributed by atoms with Crippen LogP contribution in [0, 0.1) is 0 Å². The summed E-state index contributed by atoms with van der Waals surface area (Å²) in [6.45, 7) is 3.19. The van der Waals surface area contributed by atoms with Crippen molar-refractivity contribution in [2.45, 2.75) is 38.8 Å². The minimum absolute atomic E-state index is 0.223. The highest BCUT2D eigenvalue weighted by Crippen LogP contribution is 2.32. The number of aromatic amines is 1. The molecule has 1 heterocycles. The van der Waals surface area contributed by atoms with Crippen LogP contribution in [-0.2, 0) is 32.0 Å². The molecular formula is C27H28N4O4. The van der Waals surface area contributed by atoms with Gasteiger partial charge in [0.05, 0.1) is 12.6 Å². The highest BCUT2D eigenvalue weighted by molar-refractivity contribution is 6.05. The number of aldehydes is 1. The molecule has 0 aliphatic heterocycles. The summed E-state index contributed by atoms with van der Waals surface area (Å²) in [5.41, 5.74) is 5.43. The third-order valence-electron chi connectivity index (χ3n) is 6.25. The molecule has 8 nitrogen and oxygen atoms in total. The van der Waals surface area contributed by atoms with Crippen molar-refractivity contribution in [3.05, 3.63) is 77.0 Å². The number of para-hydroxylation sites is 1. The number of carbonyl (C=O) groups excluding carboxylic acids is 4. The molecule has 1 aliphatic carbocycles. The molecule has 0 saturated carbocycles. The molecule has 1 aromatic heterocycles. The van der Waals surface area contributed by atoms with Crippen LogP contribution in [-0.4, -0.2) is 47.6 Å². The van der Waals surface area contributed by atoms with Gasteiger partial charge in [0.15, 0.2) is 0 Å². The molecule has 0 unspecified atom stereocenters. The van der Waals surface area contributed by atoms with Crippen LogP contribution in [0.3, 0.4) is 0 Å². The number of hydrogen-bond acceptors (Lipinski definition) is 4. The van der Waals surface area contributed by atoms with E-state index in [0.717, 1.165) is 33.2 Å². The summed E-state index contributed by atoms with van der Waals surface area (Å²) >= 11 is 0. The number of H-pyrrole nitrogens is 1. The Morgan fingerprint density at radius 1 is 1.06 bits per heavy atom. The van der Waals surface area contributed by atoms with Gasteiger partial charge in [0.1, 0.15) is 12.3 Å². The number of fused-ring (bicyclic) bond motifs is 2. The highest BCUT2D eigenvalue weighted by atomic mass is 16.2. The second-order valence-electron chi connectivity index (χ2n) is 8.74. The fourth-order valence-corrected chi connectivity index (χ4v) is 4.38. The van der Waals surface area contributed by atoms with Gasteiger partial charge >= 0.3 is 0 Å². The normalized spacial score (nSPS) is 14.2. The van der Waals surface area contributed by atoms with Crippen molar-refractivity contribution in [3.8, 4) is 0 Å². The maximum atomic E-state index is 12.8. The van der Waals surface area contributed by atoms with Crippen LogP contribution in [0.4, 0.5) is 0 Å². The second-order valence-corrected chi connectivity index (χ2v) is 8.74. The first kappa shape index (κ1) is 23.9. The van der Waals surface area contributed by atoms with Crippen LogP contribution in [0.1, 0.15) is 30.5 Å². The van der Waals surface area contributed by atoms with Crippen molar-refractivity contribution in [2.24, 2.45) is 0 Å². The first-order valence-electron chi connectivity index (χ1n) is 11.5. The lowest BCUT2D eigenvalue weighted by Crippen LogP contribution is -2.52. The zero-order valence-electron chi connectivity index (χ0n) is 19.7. The summed E-state index contributed by atoms with van der Waals surface area (Å²) < 4.78 is 0. The monoisotopic (exact) mass is 472 g/mol. The van der Waals surface area contributed by atoms with Crippen molar-refractivity contribution in [3.63, 3.8) is 0 Å². The van der Waals surface area contributed by atoms with Crippen molar-refractivity contribution >= 4 is 40.5 Å². The van der Waals surface area contributed by atoms with E-state index in [9.17, 15) is 19.2 Å². The first-order chi connectivity index (χ1) is 16.9. The van der Waals surface area contributed by atoms with Crippen LogP contribution < -0.4 is 16.0 Å². The Kier molecular flexibility index (Phi) is 7.10. The Labute approximate surface area is 203 Å². The summed E-state index contributed by atoms with van der Waals surface area (Å²) in [7, 11) is 0. The highest BCUT2D eigenvalue weighted by Gasteiger charge is 2.26. The molecule has 4 N–H and O–H groups in total. The number of aromatic nitrogens is 1. The van der Waals surface area contributed by atoms with E-state index in [1.54, 1.807) is 13.1 Å². The summed E-state index contributed by atoms with van der Waals surface area (Å²) in [6.07, 6.45) is 3.17. The molecule has 8 heteroatoms. The predicted molar refractivity (Wildman–Crippen MR) is 133 cm³/mol. The van der Waals surface area contributed by atoms with E-state index in [-0.39, 0.29) is 18.9 Å². The largest absolute Gasteiger partial charge is 0.361 e. The molecule has 35 heavy (non-hydrogen) atoms. The third-order valence-corrected chi connectivity index (χ3v) is 6.25. The van der Waals surface area contributed by atoms with Crippen molar-refractivity contribution in [1.29, 1.82) is 0 Å². The van der Waals surface area contributed by atoms with Gasteiger partial charge in [-0.25, -0.2) is 0 Å². The fraction of sp³-hybridized carbons (Fsp3) is 0.259. The number of nitrogens with one attached hydrogen (secondary N) is 4. The van der Waals surface area contributed by atoms with Gasteiger partial charge in [-0.15, -0.1) is 0 Å². The topological polar surface area (TPSA) is 120 Å². The van der Waals surface area contributed by atoms with E-state index >= 15 is 0 Å². The number of carbonyl (C=O) groups is 4. The van der Waals surface area contributed by atoms with Gasteiger partial charge in [-0.05, 0) is 42.2 Å². The van der Waals surface area contributed by atoms with E-state index in [2.05, 4.69) is 20.9 Å². The van der Waals surface area contributed by atoms with E-state index < -0.39 is 23.9 Å². The van der Waals surface area contributed by atoms with Crippen LogP contribution in [0.5, 0.6) is 0 Å². The predicted octanol–water partition coefficient (Wildman–Crippen LogP) is 2.04. The first-order valence-corrected chi connectivity index (χ1v) is 11.5. The minimum atomic E-state index is -0.919. The van der Waals surface area contributed by atoms with Gasteiger partial charge in [0.2, 0.25) is 17.7 Å². The molecule has 2 atom stereocenters. The smallest absolute Gasteiger partial charge is 0.248 e. The zero-order chi connectivity index (χ0) is 24.9. The number of amides is 3. The Morgan fingerprint density at radius 3 is 2.57 bits per heavy atom. The molecule has 0 bridgehead atoms. The Morgan fingerprint density at radius 2 is 1.80 bits per heavy atom. The molecule has 3 aromatic rings. The SMILES string of the molecule is CC1=C(C(=O)NCC(=O)N[C@@H](Cc2c[nH]c3ccccc23)C(=O)N[C@@H](C)C=O)Cc2ccccc21. The van der Waals surface area contributed by atoms with Gasteiger partial charge in [0.25, 0.3) is 0 Å².